The second-order valence-electron chi connectivity index (χ2n) is 6.40. The van der Waals surface area contributed by atoms with Crippen molar-refractivity contribution in [3.8, 4) is 6.07 Å². The molecule has 118 valence electrons. The van der Waals surface area contributed by atoms with Crippen molar-refractivity contribution >= 4 is 11.4 Å². The molecule has 5 nitrogen and oxygen atoms in total. The van der Waals surface area contributed by atoms with Gasteiger partial charge in [0.25, 0.3) is 0 Å². The maximum absolute atomic E-state index is 13.7. The summed E-state index contributed by atoms with van der Waals surface area (Å²) in [5, 5.41) is 12.1. The highest BCUT2D eigenvalue weighted by molar-refractivity contribution is 5.53. The molecule has 1 aliphatic carbocycles. The number of allylic oxidation sites excluding steroid dienone is 1. The fourth-order valence-corrected chi connectivity index (χ4v) is 2.77. The topological polar surface area (TPSA) is 66.5 Å². The van der Waals surface area contributed by atoms with Gasteiger partial charge in [-0.3, -0.25) is 0 Å². The molecule has 0 bridgehead atoms. The van der Waals surface area contributed by atoms with E-state index in [0.717, 1.165) is 12.8 Å². The van der Waals surface area contributed by atoms with Gasteiger partial charge >= 0.3 is 0 Å². The van der Waals surface area contributed by atoms with E-state index in [-0.39, 0.29) is 17.2 Å². The highest BCUT2D eigenvalue weighted by atomic mass is 19.1. The van der Waals surface area contributed by atoms with Gasteiger partial charge in [0, 0.05) is 24.2 Å². The number of nitrogens with zero attached hydrogens (tertiary/aromatic N) is 4. The normalized spacial score (nSPS) is 19.7. The first-order chi connectivity index (χ1) is 11.0. The number of nitriles is 1. The van der Waals surface area contributed by atoms with Gasteiger partial charge < -0.3 is 9.88 Å². The van der Waals surface area contributed by atoms with Crippen LogP contribution in [0.1, 0.15) is 32.4 Å². The highest BCUT2D eigenvalue weighted by Crippen LogP contribution is 2.37. The summed E-state index contributed by atoms with van der Waals surface area (Å²) in [5.41, 5.74) is 1.58. The predicted molar refractivity (Wildman–Crippen MR) is 85.8 cm³/mol. The van der Waals surface area contributed by atoms with Gasteiger partial charge in [-0.2, -0.15) is 5.26 Å². The quantitative estimate of drug-likeness (QED) is 0.943. The van der Waals surface area contributed by atoms with Crippen molar-refractivity contribution in [1.82, 2.24) is 14.5 Å². The Morgan fingerprint density at radius 3 is 2.96 bits per heavy atom. The lowest BCUT2D eigenvalue weighted by Gasteiger charge is -2.38. The molecule has 23 heavy (non-hydrogen) atoms. The van der Waals surface area contributed by atoms with Gasteiger partial charge in [0.2, 0.25) is 0 Å². The number of imidazole rings is 1. The van der Waals surface area contributed by atoms with E-state index in [1.807, 2.05) is 10.8 Å². The molecular weight excluding hydrogens is 293 g/mol. The van der Waals surface area contributed by atoms with Gasteiger partial charge in [0.05, 0.1) is 24.3 Å². The van der Waals surface area contributed by atoms with Crippen LogP contribution >= 0.6 is 0 Å². The largest absolute Gasteiger partial charge is 0.377 e. The third-order valence-corrected chi connectivity index (χ3v) is 4.33. The zero-order chi connectivity index (χ0) is 16.4. The van der Waals surface area contributed by atoms with Gasteiger partial charge in [0.1, 0.15) is 6.07 Å². The number of aromatic nitrogens is 3. The lowest BCUT2D eigenvalue weighted by atomic mass is 9.75. The Labute approximate surface area is 134 Å². The Morgan fingerprint density at radius 1 is 1.48 bits per heavy atom. The van der Waals surface area contributed by atoms with Crippen LogP contribution < -0.4 is 5.32 Å². The SMILES string of the molecule is CC1(C)CCC(n2ccnc2)=CC1Nc1cnc(C#N)c(F)c1. The number of anilines is 1. The minimum absolute atomic E-state index is 0.0223. The number of pyridine rings is 1. The molecule has 2 heterocycles. The molecule has 6 heteroatoms. The first-order valence-corrected chi connectivity index (χ1v) is 7.51. The molecule has 1 aliphatic rings. The number of rotatable bonds is 3. The van der Waals surface area contributed by atoms with Crippen LogP contribution in [0.3, 0.4) is 0 Å². The summed E-state index contributed by atoms with van der Waals surface area (Å²) in [5.74, 6) is -0.607. The molecule has 2 aromatic rings. The summed E-state index contributed by atoms with van der Waals surface area (Å²) >= 11 is 0. The molecule has 1 unspecified atom stereocenters. The lowest BCUT2D eigenvalue weighted by molar-refractivity contribution is 0.304. The molecule has 0 saturated heterocycles. The van der Waals surface area contributed by atoms with Gasteiger partial charge in [-0.1, -0.05) is 13.8 Å². The molecule has 0 saturated carbocycles. The van der Waals surface area contributed by atoms with Crippen LogP contribution in [0, 0.1) is 22.6 Å². The van der Waals surface area contributed by atoms with Crippen LogP contribution in [-0.4, -0.2) is 20.6 Å². The van der Waals surface area contributed by atoms with Crippen LogP contribution in [0.25, 0.3) is 5.70 Å². The van der Waals surface area contributed by atoms with Crippen LogP contribution in [-0.2, 0) is 0 Å². The zero-order valence-electron chi connectivity index (χ0n) is 13.1. The van der Waals surface area contributed by atoms with Crippen LogP contribution in [0.4, 0.5) is 10.1 Å². The number of halogens is 1. The molecule has 0 aliphatic heterocycles. The summed E-state index contributed by atoms with van der Waals surface area (Å²) in [6.07, 6.45) is 11.1. The Hall–Kier alpha value is -2.68. The molecule has 0 fully saturated rings. The summed E-state index contributed by atoms with van der Waals surface area (Å²) in [6, 6.07) is 3.08. The van der Waals surface area contributed by atoms with E-state index in [1.54, 1.807) is 18.6 Å². The molecule has 1 N–H and O–H groups in total. The lowest BCUT2D eigenvalue weighted by Crippen LogP contribution is -2.37. The molecule has 1 atom stereocenters. The maximum Gasteiger partial charge on any atom is 0.176 e. The van der Waals surface area contributed by atoms with Crippen LogP contribution in [0.2, 0.25) is 0 Å². The van der Waals surface area contributed by atoms with Crippen LogP contribution in [0.5, 0.6) is 0 Å². The van der Waals surface area contributed by atoms with E-state index in [2.05, 4.69) is 35.2 Å². The van der Waals surface area contributed by atoms with Gasteiger partial charge in [-0.25, -0.2) is 14.4 Å². The average molecular weight is 311 g/mol. The monoisotopic (exact) mass is 311 g/mol. The van der Waals surface area contributed by atoms with Crippen molar-refractivity contribution in [2.45, 2.75) is 32.7 Å². The van der Waals surface area contributed by atoms with Gasteiger partial charge in [0.15, 0.2) is 11.5 Å². The second-order valence-corrected chi connectivity index (χ2v) is 6.40. The second kappa shape index (κ2) is 5.84. The molecule has 2 aromatic heterocycles. The van der Waals surface area contributed by atoms with E-state index >= 15 is 0 Å². The van der Waals surface area contributed by atoms with E-state index in [0.29, 0.717) is 5.69 Å². The Morgan fingerprint density at radius 2 is 2.30 bits per heavy atom. The third kappa shape index (κ3) is 3.09. The molecular formula is C17H18FN5. The summed E-state index contributed by atoms with van der Waals surface area (Å²) in [4.78, 5) is 7.93. The summed E-state index contributed by atoms with van der Waals surface area (Å²) < 4.78 is 15.7. The van der Waals surface area contributed by atoms with Crippen molar-refractivity contribution in [3.63, 3.8) is 0 Å². The maximum atomic E-state index is 13.7. The first kappa shape index (κ1) is 15.2. The number of hydrogen-bond donors (Lipinski definition) is 1. The van der Waals surface area contributed by atoms with Gasteiger partial charge in [-0.15, -0.1) is 0 Å². The van der Waals surface area contributed by atoms with E-state index in [9.17, 15) is 4.39 Å². The molecule has 0 aromatic carbocycles. The van der Waals surface area contributed by atoms with E-state index in [4.69, 9.17) is 5.26 Å². The minimum atomic E-state index is -0.607. The van der Waals surface area contributed by atoms with Crippen molar-refractivity contribution in [1.29, 1.82) is 5.26 Å². The Balaban J connectivity index is 1.88. The van der Waals surface area contributed by atoms with Crippen molar-refractivity contribution < 1.29 is 4.39 Å². The van der Waals surface area contributed by atoms with Crippen molar-refractivity contribution in [2.75, 3.05) is 5.32 Å². The van der Waals surface area contributed by atoms with Crippen molar-refractivity contribution in [3.05, 3.63) is 48.6 Å². The zero-order valence-corrected chi connectivity index (χ0v) is 13.1. The smallest absolute Gasteiger partial charge is 0.176 e. The number of nitrogens with one attached hydrogen (secondary N) is 1. The Bertz CT molecular complexity index is 771. The third-order valence-electron chi connectivity index (χ3n) is 4.33. The average Bonchev–Trinajstić information content (AvgIpc) is 3.04. The summed E-state index contributed by atoms with van der Waals surface area (Å²) in [6.45, 7) is 4.36. The van der Waals surface area contributed by atoms with E-state index in [1.165, 1.54) is 18.0 Å². The fraction of sp³-hybridized carbons (Fsp3) is 0.353. The first-order valence-electron chi connectivity index (χ1n) is 7.51. The predicted octanol–water partition coefficient (Wildman–Crippen LogP) is 3.43. The molecule has 0 radical (unpaired) electrons. The highest BCUT2D eigenvalue weighted by Gasteiger charge is 2.32. The molecule has 0 amide bonds. The summed E-state index contributed by atoms with van der Waals surface area (Å²) in [7, 11) is 0. The molecule has 0 spiro atoms. The molecule has 3 rings (SSSR count). The Kier molecular flexibility index (Phi) is 3.87. The minimum Gasteiger partial charge on any atom is -0.377 e. The van der Waals surface area contributed by atoms with E-state index < -0.39 is 5.82 Å². The van der Waals surface area contributed by atoms with Crippen molar-refractivity contribution in [2.24, 2.45) is 5.41 Å². The van der Waals surface area contributed by atoms with Crippen LogP contribution in [0.15, 0.2) is 37.1 Å². The number of hydrogen-bond acceptors (Lipinski definition) is 4. The fourth-order valence-electron chi connectivity index (χ4n) is 2.77. The van der Waals surface area contributed by atoms with Gasteiger partial charge in [-0.05, 0) is 24.3 Å². The standard InChI is InChI=1S/C17H18FN5/c1-17(2)4-3-13(23-6-5-20-11-23)8-16(17)22-12-7-14(18)15(9-19)21-10-12/h5-8,10-11,16,22H,3-4H2,1-2H3.